The minimum absolute atomic E-state index is 0.000989. The number of nitro groups is 1. The van der Waals surface area contributed by atoms with Gasteiger partial charge in [-0.15, -0.1) is 25.6 Å². The maximum absolute atomic E-state index is 12.6. The van der Waals surface area contributed by atoms with E-state index in [9.17, 15) is 69.1 Å². The normalized spacial score (nSPS) is 12.5. The number of nitrogens with zero attached hydrogens (tertiary/aromatic N) is 7. The van der Waals surface area contributed by atoms with Gasteiger partial charge in [-0.1, -0.05) is 0 Å². The second-order valence-corrected chi connectivity index (χ2v) is 16.1. The average Bonchev–Trinajstić information content (AvgIpc) is 3.16. The van der Waals surface area contributed by atoms with Gasteiger partial charge in [0, 0.05) is 23.9 Å². The van der Waals surface area contributed by atoms with E-state index in [1.807, 2.05) is 0 Å². The molecule has 0 aromatic heterocycles. The molecule has 0 atom stereocenters. The molecule has 5 rings (SSSR count). The van der Waals surface area contributed by atoms with Crippen LogP contribution in [0.4, 0.5) is 45.5 Å². The zero-order valence-corrected chi connectivity index (χ0v) is 33.2. The molecular weight excluding hydrogens is 877 g/mol. The van der Waals surface area contributed by atoms with Crippen molar-refractivity contribution in [1.29, 1.82) is 0 Å². The number of azo groups is 3. The summed E-state index contributed by atoms with van der Waals surface area (Å²) in [4.78, 5) is 18.8. The largest absolute Gasteiger partial charge is 0.505 e. The Labute approximate surface area is 342 Å². The van der Waals surface area contributed by atoms with Gasteiger partial charge in [-0.25, -0.2) is 4.79 Å². The number of ether oxygens (including phenoxy) is 2. The van der Waals surface area contributed by atoms with E-state index in [-0.39, 0.29) is 47.5 Å². The highest BCUT2D eigenvalue weighted by Gasteiger charge is 2.29. The molecule has 25 nitrogen and oxygen atoms in total. The highest BCUT2D eigenvalue weighted by molar-refractivity contribution is 7.86. The fourth-order valence-electron chi connectivity index (χ4n) is 5.34. The molecule has 0 bridgehead atoms. The van der Waals surface area contributed by atoms with Crippen LogP contribution in [-0.2, 0) is 30.4 Å². The second-order valence-electron chi connectivity index (χ2n) is 11.9. The van der Waals surface area contributed by atoms with Gasteiger partial charge in [0.2, 0.25) is 0 Å². The van der Waals surface area contributed by atoms with Gasteiger partial charge < -0.3 is 30.5 Å². The Bertz CT molecular complexity index is 3080. The summed E-state index contributed by atoms with van der Waals surface area (Å²) >= 11 is 0. The van der Waals surface area contributed by atoms with Crippen LogP contribution in [0.2, 0.25) is 0 Å². The van der Waals surface area contributed by atoms with Crippen LogP contribution in [0.5, 0.6) is 23.0 Å². The van der Waals surface area contributed by atoms with Crippen molar-refractivity contribution in [3.63, 3.8) is 0 Å². The van der Waals surface area contributed by atoms with E-state index in [0.717, 1.165) is 24.3 Å². The van der Waals surface area contributed by atoms with Crippen molar-refractivity contribution >= 4 is 92.6 Å². The number of nitrogens with two attached hydrogens (primary N) is 1. The van der Waals surface area contributed by atoms with E-state index in [0.29, 0.717) is 18.2 Å². The molecule has 5 aromatic rings. The van der Waals surface area contributed by atoms with Gasteiger partial charge >= 0.3 is 5.97 Å². The fraction of sp³-hybridized carbons (Fsp3) is 0.121. The first kappa shape index (κ1) is 44.9. The minimum atomic E-state index is -5.38. The van der Waals surface area contributed by atoms with Gasteiger partial charge in [-0.05, 0) is 61.7 Å². The molecule has 0 aliphatic carbocycles. The zero-order valence-electron chi connectivity index (χ0n) is 30.8. The van der Waals surface area contributed by atoms with Crippen LogP contribution in [0.25, 0.3) is 10.8 Å². The summed E-state index contributed by atoms with van der Waals surface area (Å²) in [5, 5.41) is 64.8. The van der Waals surface area contributed by atoms with Crippen molar-refractivity contribution in [2.24, 2.45) is 30.7 Å². The Hall–Kier alpha value is -7.24. The maximum Gasteiger partial charge on any atom is 0.342 e. The van der Waals surface area contributed by atoms with Gasteiger partial charge in [0.15, 0.2) is 11.5 Å². The van der Waals surface area contributed by atoms with Crippen molar-refractivity contribution in [3.05, 3.63) is 76.3 Å². The second kappa shape index (κ2) is 17.2. The van der Waals surface area contributed by atoms with Crippen LogP contribution in [0.15, 0.2) is 106 Å². The van der Waals surface area contributed by atoms with Crippen molar-refractivity contribution in [2.45, 2.75) is 28.5 Å². The highest BCUT2D eigenvalue weighted by Crippen LogP contribution is 2.51. The van der Waals surface area contributed by atoms with Crippen LogP contribution < -0.4 is 15.2 Å². The van der Waals surface area contributed by atoms with Crippen molar-refractivity contribution in [2.75, 3.05) is 18.9 Å². The number of rotatable bonds is 15. The molecule has 0 saturated carbocycles. The molecule has 0 saturated heterocycles. The molecule has 0 aliphatic heterocycles. The molecule has 8 N–H and O–H groups in total. The highest BCUT2D eigenvalue weighted by atomic mass is 32.2. The smallest absolute Gasteiger partial charge is 0.342 e. The molecule has 0 radical (unpaired) electrons. The van der Waals surface area contributed by atoms with Crippen LogP contribution in [0, 0.1) is 10.1 Å². The number of hydrogen-bond donors (Lipinski definition) is 7. The van der Waals surface area contributed by atoms with E-state index < -0.39 is 107 Å². The number of nitro benzene ring substituents is 1. The summed E-state index contributed by atoms with van der Waals surface area (Å²) < 4.78 is 115. The van der Waals surface area contributed by atoms with E-state index in [1.54, 1.807) is 13.8 Å². The van der Waals surface area contributed by atoms with Gasteiger partial charge in [0.05, 0.1) is 29.2 Å². The predicted octanol–water partition coefficient (Wildman–Crippen LogP) is 7.22. The van der Waals surface area contributed by atoms with Crippen LogP contribution in [-0.4, -0.2) is 78.3 Å². The third kappa shape index (κ3) is 9.80. The van der Waals surface area contributed by atoms with Crippen molar-refractivity contribution < 1.29 is 73.4 Å². The first-order valence-corrected chi connectivity index (χ1v) is 20.9. The quantitative estimate of drug-likeness (QED) is 0.0179. The Balaban J connectivity index is 1.71. The van der Waals surface area contributed by atoms with E-state index in [4.69, 9.17) is 15.2 Å². The lowest BCUT2D eigenvalue weighted by Crippen LogP contribution is -2.02. The molecule has 320 valence electrons. The van der Waals surface area contributed by atoms with E-state index in [1.165, 1.54) is 18.2 Å². The molecule has 0 aliphatic rings. The number of anilines is 1. The summed E-state index contributed by atoms with van der Waals surface area (Å²) in [5.41, 5.74) is 0.701. The standard InChI is InChI=1S/C33H28N8O17S3/c1-3-57-23-14-21(24(58-4-2)13-20(23)37-36-19-7-5-16(34)11-25(19)59(48,49)50)38-40-30-27(61(54,55)56)10-15-9-26(60(51,52)53)29(31(42)28(15)32(30)43)39-35-17-6-8-22(41(46)47)18(12-17)33(44)45/h5-14,42-43H,3-4,34H2,1-2H3,(H,44,45)(H,48,49,50)(H,51,52,53)(H,54,55,56). The Kier molecular flexibility index (Phi) is 12.6. The number of aromatic hydroxyl groups is 2. The third-order valence-corrected chi connectivity index (χ3v) is 10.5. The monoisotopic (exact) mass is 904 g/mol. The van der Waals surface area contributed by atoms with Gasteiger partial charge in [0.25, 0.3) is 36.0 Å². The van der Waals surface area contributed by atoms with Crippen molar-refractivity contribution in [3.8, 4) is 23.0 Å². The van der Waals surface area contributed by atoms with Gasteiger partial charge in [-0.3, -0.25) is 23.8 Å². The number of phenols is 2. The van der Waals surface area contributed by atoms with Crippen LogP contribution in [0.1, 0.15) is 24.2 Å². The number of phenolic OH excluding ortho intramolecular Hbond substituents is 2. The molecule has 0 unspecified atom stereocenters. The minimum Gasteiger partial charge on any atom is -0.505 e. The molecule has 0 heterocycles. The lowest BCUT2D eigenvalue weighted by molar-refractivity contribution is -0.385. The van der Waals surface area contributed by atoms with E-state index >= 15 is 0 Å². The lowest BCUT2D eigenvalue weighted by atomic mass is 10.1. The lowest BCUT2D eigenvalue weighted by Gasteiger charge is -2.14. The van der Waals surface area contributed by atoms with Crippen molar-refractivity contribution in [1.82, 2.24) is 0 Å². The SMILES string of the molecule is CCOc1cc(N=Nc2c(S(=O)(=O)O)cc3cc(S(=O)(=O)O)c(N=Nc4ccc([N+](=O)[O-])c(C(=O)O)c4)c(O)c3c2O)c(OCC)cc1N=Nc1ccc(N)cc1S(=O)(=O)O. The number of benzene rings is 5. The number of hydrogen-bond acceptors (Lipinski definition) is 20. The van der Waals surface area contributed by atoms with Gasteiger partial charge in [0.1, 0.15) is 60.2 Å². The number of aromatic carboxylic acids is 1. The molecule has 0 fully saturated rings. The first-order valence-electron chi connectivity index (χ1n) is 16.5. The summed E-state index contributed by atoms with van der Waals surface area (Å²) in [6, 6.07) is 9.20. The number of carboxylic acid groups (broad SMARTS) is 1. The number of carbonyl (C=O) groups is 1. The summed E-state index contributed by atoms with van der Waals surface area (Å²) in [7, 11) is -15.6. The Morgan fingerprint density at radius 1 is 0.672 bits per heavy atom. The number of nitrogen functional groups attached to an aromatic ring is 1. The summed E-state index contributed by atoms with van der Waals surface area (Å²) in [6.45, 7) is 3.10. The zero-order chi connectivity index (χ0) is 45.2. The Morgan fingerprint density at radius 2 is 1.15 bits per heavy atom. The molecule has 0 amide bonds. The maximum atomic E-state index is 12.6. The predicted molar refractivity (Wildman–Crippen MR) is 209 cm³/mol. The van der Waals surface area contributed by atoms with Gasteiger partial charge in [-0.2, -0.15) is 30.4 Å². The molecule has 28 heteroatoms. The summed E-state index contributed by atoms with van der Waals surface area (Å²) in [5.74, 6) is -4.54. The van der Waals surface area contributed by atoms with Crippen LogP contribution in [0.3, 0.4) is 0 Å². The topological polar surface area (TPSA) is 403 Å². The molecule has 5 aromatic carbocycles. The number of fused-ring (bicyclic) bond motifs is 1. The van der Waals surface area contributed by atoms with Crippen LogP contribution >= 0.6 is 0 Å². The Morgan fingerprint density at radius 3 is 1.61 bits per heavy atom. The van der Waals surface area contributed by atoms with E-state index in [2.05, 4.69) is 30.7 Å². The fourth-order valence-corrected chi connectivity index (χ4v) is 7.31. The molecular formula is C33H28N8O17S3. The number of carboxylic acids is 1. The average molecular weight is 905 g/mol. The first-order chi connectivity index (χ1) is 28.5. The third-order valence-electron chi connectivity index (χ3n) is 7.90. The molecule has 61 heavy (non-hydrogen) atoms. The summed E-state index contributed by atoms with van der Waals surface area (Å²) in [6.07, 6.45) is 0. The molecule has 0 spiro atoms.